The van der Waals surface area contributed by atoms with Crippen LogP contribution in [-0.2, 0) is 0 Å². The first-order valence-electron chi connectivity index (χ1n) is 19.8. The van der Waals surface area contributed by atoms with Crippen LogP contribution in [0.3, 0.4) is 0 Å². The van der Waals surface area contributed by atoms with Gasteiger partial charge in [0.1, 0.15) is 11.3 Å². The summed E-state index contributed by atoms with van der Waals surface area (Å²) in [6, 6.07) is 80.8. The second-order valence-corrected chi connectivity index (χ2v) is 14.9. The van der Waals surface area contributed by atoms with Crippen molar-refractivity contribution in [3.8, 4) is 44.7 Å². The molecule has 0 atom stereocenters. The maximum atomic E-state index is 6.30. The molecule has 1 aromatic heterocycles. The third kappa shape index (κ3) is 5.91. The summed E-state index contributed by atoms with van der Waals surface area (Å²) in [5.74, 6) is 0.869. The van der Waals surface area contributed by atoms with Gasteiger partial charge in [-0.15, -0.1) is 0 Å². The highest BCUT2D eigenvalue weighted by atomic mass is 16.3. The summed E-state index contributed by atoms with van der Waals surface area (Å²) in [5.41, 5.74) is 12.4. The monoisotopic (exact) mass is 739 g/mol. The second kappa shape index (κ2) is 14.1. The number of rotatable bonds is 7. The molecule has 2 heteroatoms. The van der Waals surface area contributed by atoms with Crippen molar-refractivity contribution < 1.29 is 4.42 Å². The van der Waals surface area contributed by atoms with E-state index in [9.17, 15) is 0 Å². The number of anilines is 3. The SMILES string of the molecule is c1ccc(-c2ccc(-c3ccc(N(c4ccc(-c5cccc(-c6cc7ccccc7o6)c5)c5ccccc45)c4cc5ccccc5c5ccccc45)cc3)cc2)cc1. The number of fused-ring (bicyclic) bond motifs is 5. The molecule has 11 aromatic rings. The minimum Gasteiger partial charge on any atom is -0.456 e. The van der Waals surface area contributed by atoms with Crippen LogP contribution < -0.4 is 4.90 Å². The Balaban J connectivity index is 1.07. The van der Waals surface area contributed by atoms with Crippen molar-refractivity contribution >= 4 is 60.3 Å². The van der Waals surface area contributed by atoms with Crippen LogP contribution >= 0.6 is 0 Å². The minimum absolute atomic E-state index is 0.869. The first-order valence-corrected chi connectivity index (χ1v) is 19.8. The first kappa shape index (κ1) is 33.6. The van der Waals surface area contributed by atoms with Crippen LogP contribution in [-0.4, -0.2) is 0 Å². The molecule has 0 aliphatic rings. The summed E-state index contributed by atoms with van der Waals surface area (Å²) in [4.78, 5) is 2.45. The highest BCUT2D eigenvalue weighted by Crippen LogP contribution is 2.46. The summed E-state index contributed by atoms with van der Waals surface area (Å²) >= 11 is 0. The van der Waals surface area contributed by atoms with Gasteiger partial charge in [-0.1, -0.05) is 182 Å². The summed E-state index contributed by atoms with van der Waals surface area (Å²) in [6.45, 7) is 0. The first-order chi connectivity index (χ1) is 28.7. The Kier molecular flexibility index (Phi) is 8.19. The van der Waals surface area contributed by atoms with Gasteiger partial charge in [0.2, 0.25) is 0 Å². The number of furan rings is 1. The highest BCUT2D eigenvalue weighted by Gasteiger charge is 2.21. The van der Waals surface area contributed by atoms with E-state index in [1.54, 1.807) is 0 Å². The minimum atomic E-state index is 0.869. The van der Waals surface area contributed by atoms with Crippen molar-refractivity contribution in [3.63, 3.8) is 0 Å². The van der Waals surface area contributed by atoms with Crippen LogP contribution in [0.15, 0.2) is 229 Å². The van der Waals surface area contributed by atoms with Crippen LogP contribution in [0.1, 0.15) is 0 Å². The molecule has 0 saturated carbocycles. The average Bonchev–Trinajstić information content (AvgIpc) is 3.75. The Morgan fingerprint density at radius 2 is 0.828 bits per heavy atom. The number of hydrogen-bond acceptors (Lipinski definition) is 2. The predicted octanol–water partition coefficient (Wildman–Crippen LogP) is 16.0. The highest BCUT2D eigenvalue weighted by molar-refractivity contribution is 6.16. The van der Waals surface area contributed by atoms with Crippen LogP contribution in [0.25, 0.3) is 88.0 Å². The third-order valence-corrected chi connectivity index (χ3v) is 11.5. The number of nitrogens with zero attached hydrogens (tertiary/aromatic N) is 1. The zero-order valence-corrected chi connectivity index (χ0v) is 31.7. The molecular formula is C56H37NO. The van der Waals surface area contributed by atoms with Crippen LogP contribution in [0.2, 0.25) is 0 Å². The summed E-state index contributed by atoms with van der Waals surface area (Å²) in [6.07, 6.45) is 0. The number of para-hydroxylation sites is 1. The molecule has 0 N–H and O–H groups in total. The Hall–Kier alpha value is -7.68. The lowest BCUT2D eigenvalue weighted by molar-refractivity contribution is 0.631. The lowest BCUT2D eigenvalue weighted by Crippen LogP contribution is -2.11. The Morgan fingerprint density at radius 1 is 0.293 bits per heavy atom. The Labute approximate surface area is 337 Å². The van der Waals surface area contributed by atoms with Crippen molar-refractivity contribution in [1.82, 2.24) is 0 Å². The fourth-order valence-corrected chi connectivity index (χ4v) is 8.61. The van der Waals surface area contributed by atoms with Crippen molar-refractivity contribution in [3.05, 3.63) is 224 Å². The molecule has 272 valence electrons. The van der Waals surface area contributed by atoms with E-state index < -0.39 is 0 Å². The smallest absolute Gasteiger partial charge is 0.135 e. The molecule has 0 unspecified atom stereocenters. The van der Waals surface area contributed by atoms with E-state index in [0.29, 0.717) is 0 Å². The number of benzene rings is 10. The van der Waals surface area contributed by atoms with E-state index in [0.717, 1.165) is 44.9 Å². The van der Waals surface area contributed by atoms with Gasteiger partial charge in [-0.25, -0.2) is 0 Å². The quantitative estimate of drug-likeness (QED) is 0.151. The second-order valence-electron chi connectivity index (χ2n) is 14.9. The standard InChI is InChI=1S/C56H37NO/c1-2-13-38(14-3-1)39-25-27-40(28-26-39)41-29-31-46(32-30-41)57(54-36-43-15-4-6-19-47(43)49-20-8-10-23-52(49)54)53-34-33-48(50-21-7-9-22-51(50)53)42-17-12-18-44(35-42)56-37-45-16-5-11-24-55(45)58-56/h1-37H. The van der Waals surface area contributed by atoms with Gasteiger partial charge < -0.3 is 9.32 Å². The molecule has 0 saturated heterocycles. The van der Waals surface area contributed by atoms with Gasteiger partial charge in [0.15, 0.2) is 0 Å². The molecule has 58 heavy (non-hydrogen) atoms. The van der Waals surface area contributed by atoms with Crippen molar-refractivity contribution in [2.24, 2.45) is 0 Å². The molecule has 0 spiro atoms. The fraction of sp³-hybridized carbons (Fsp3) is 0. The maximum absolute atomic E-state index is 6.30. The van der Waals surface area contributed by atoms with Crippen LogP contribution in [0, 0.1) is 0 Å². The Morgan fingerprint density at radius 3 is 1.55 bits per heavy atom. The molecule has 0 bridgehead atoms. The maximum Gasteiger partial charge on any atom is 0.135 e. The molecule has 11 rings (SSSR count). The zero-order valence-electron chi connectivity index (χ0n) is 31.7. The molecule has 0 radical (unpaired) electrons. The topological polar surface area (TPSA) is 16.4 Å². The van der Waals surface area contributed by atoms with E-state index >= 15 is 0 Å². The molecular weight excluding hydrogens is 703 g/mol. The average molecular weight is 740 g/mol. The summed E-state index contributed by atoms with van der Waals surface area (Å²) < 4.78 is 6.30. The van der Waals surface area contributed by atoms with Gasteiger partial charge in [0.05, 0.1) is 11.4 Å². The lowest BCUT2D eigenvalue weighted by Gasteiger charge is -2.29. The van der Waals surface area contributed by atoms with Gasteiger partial charge in [0, 0.05) is 27.4 Å². The molecule has 1 heterocycles. The largest absolute Gasteiger partial charge is 0.456 e. The van der Waals surface area contributed by atoms with Crippen LogP contribution in [0.4, 0.5) is 17.1 Å². The van der Waals surface area contributed by atoms with Crippen molar-refractivity contribution in [1.29, 1.82) is 0 Å². The van der Waals surface area contributed by atoms with E-state index in [4.69, 9.17) is 4.42 Å². The van der Waals surface area contributed by atoms with Gasteiger partial charge in [0.25, 0.3) is 0 Å². The Bertz CT molecular complexity index is 3240. The number of hydrogen-bond donors (Lipinski definition) is 0. The third-order valence-electron chi connectivity index (χ3n) is 11.5. The van der Waals surface area contributed by atoms with Gasteiger partial charge in [-0.05, 0) is 97.4 Å². The van der Waals surface area contributed by atoms with E-state index in [2.05, 4.69) is 217 Å². The van der Waals surface area contributed by atoms with Gasteiger partial charge >= 0.3 is 0 Å². The molecule has 0 amide bonds. The van der Waals surface area contributed by atoms with Gasteiger partial charge in [-0.2, -0.15) is 0 Å². The molecule has 0 aliphatic carbocycles. The molecule has 0 aliphatic heterocycles. The summed E-state index contributed by atoms with van der Waals surface area (Å²) in [5, 5.41) is 8.36. The van der Waals surface area contributed by atoms with Crippen molar-refractivity contribution in [2.45, 2.75) is 0 Å². The normalized spacial score (nSPS) is 11.4. The zero-order chi connectivity index (χ0) is 38.4. The molecule has 10 aromatic carbocycles. The molecule has 0 fully saturated rings. The van der Waals surface area contributed by atoms with E-state index in [1.807, 2.05) is 12.1 Å². The van der Waals surface area contributed by atoms with E-state index in [-0.39, 0.29) is 0 Å². The lowest BCUT2D eigenvalue weighted by atomic mass is 9.94. The molecule has 2 nitrogen and oxygen atoms in total. The predicted molar refractivity (Wildman–Crippen MR) is 245 cm³/mol. The van der Waals surface area contributed by atoms with Gasteiger partial charge in [-0.3, -0.25) is 0 Å². The summed E-state index contributed by atoms with van der Waals surface area (Å²) in [7, 11) is 0. The van der Waals surface area contributed by atoms with Crippen molar-refractivity contribution in [2.75, 3.05) is 4.90 Å². The fourth-order valence-electron chi connectivity index (χ4n) is 8.61. The van der Waals surface area contributed by atoms with E-state index in [1.165, 1.54) is 60.1 Å². The van der Waals surface area contributed by atoms with Crippen LogP contribution in [0.5, 0.6) is 0 Å².